The molecular formula is C17H22N4O3. The largest absolute Gasteiger partial charge is 0.371 e. The maximum absolute atomic E-state index is 12.0. The lowest BCUT2D eigenvalue weighted by molar-refractivity contribution is 0.0683. The van der Waals surface area contributed by atoms with Crippen LogP contribution in [0.2, 0.25) is 0 Å². The number of hydrogen-bond acceptors (Lipinski definition) is 5. The van der Waals surface area contributed by atoms with Crippen LogP contribution < -0.4 is 10.6 Å². The SMILES string of the molecule is CCOC(C)c1noc(CNC(=O)NC2Cc3ccccc3C2)n1. The molecule has 0 fully saturated rings. The summed E-state index contributed by atoms with van der Waals surface area (Å²) in [5, 5.41) is 9.59. The van der Waals surface area contributed by atoms with Crippen molar-refractivity contribution in [1.82, 2.24) is 20.8 Å². The molecule has 1 aliphatic rings. The van der Waals surface area contributed by atoms with Gasteiger partial charge in [0.25, 0.3) is 0 Å². The van der Waals surface area contributed by atoms with E-state index in [2.05, 4.69) is 32.9 Å². The Morgan fingerprint density at radius 2 is 2.08 bits per heavy atom. The van der Waals surface area contributed by atoms with Gasteiger partial charge in [0.15, 0.2) is 5.82 Å². The van der Waals surface area contributed by atoms with Crippen molar-refractivity contribution in [2.45, 2.75) is 45.4 Å². The van der Waals surface area contributed by atoms with Crippen molar-refractivity contribution in [1.29, 1.82) is 0 Å². The quantitative estimate of drug-likeness (QED) is 0.847. The van der Waals surface area contributed by atoms with Gasteiger partial charge in [0.05, 0.1) is 6.54 Å². The van der Waals surface area contributed by atoms with Crippen molar-refractivity contribution in [2.75, 3.05) is 6.61 Å². The van der Waals surface area contributed by atoms with E-state index in [1.807, 2.05) is 26.0 Å². The number of carbonyl (C=O) groups excluding carboxylic acids is 1. The number of carbonyl (C=O) groups is 1. The molecule has 1 aliphatic carbocycles. The number of urea groups is 1. The van der Waals surface area contributed by atoms with Gasteiger partial charge in [0.1, 0.15) is 6.10 Å². The molecule has 1 aromatic carbocycles. The minimum absolute atomic E-state index is 0.124. The minimum atomic E-state index is -0.231. The average Bonchev–Trinajstić information content (AvgIpc) is 3.19. The highest BCUT2D eigenvalue weighted by molar-refractivity contribution is 5.74. The van der Waals surface area contributed by atoms with Crippen molar-refractivity contribution < 1.29 is 14.1 Å². The number of benzene rings is 1. The Kier molecular flexibility index (Phi) is 5.10. The number of fused-ring (bicyclic) bond motifs is 1. The normalized spacial score (nSPS) is 15.1. The van der Waals surface area contributed by atoms with Crippen LogP contribution in [0, 0.1) is 0 Å². The van der Waals surface area contributed by atoms with Gasteiger partial charge in [-0.05, 0) is 37.8 Å². The molecule has 0 bridgehead atoms. The molecule has 2 amide bonds. The summed E-state index contributed by atoms with van der Waals surface area (Å²) in [7, 11) is 0. The molecule has 128 valence electrons. The highest BCUT2D eigenvalue weighted by Gasteiger charge is 2.22. The standard InChI is InChI=1S/C17H22N4O3/c1-3-23-11(2)16-20-15(24-21-16)10-18-17(22)19-14-8-12-6-4-5-7-13(12)9-14/h4-7,11,14H,3,8-10H2,1-2H3,(H2,18,19,22). The molecule has 0 saturated carbocycles. The molecule has 1 atom stereocenters. The Labute approximate surface area is 140 Å². The lowest BCUT2D eigenvalue weighted by atomic mass is 10.1. The van der Waals surface area contributed by atoms with E-state index in [1.165, 1.54) is 11.1 Å². The molecule has 2 aromatic rings. The van der Waals surface area contributed by atoms with Gasteiger partial charge >= 0.3 is 6.03 Å². The predicted molar refractivity (Wildman–Crippen MR) is 87.3 cm³/mol. The summed E-state index contributed by atoms with van der Waals surface area (Å²) in [6.07, 6.45) is 1.50. The first kappa shape index (κ1) is 16.4. The minimum Gasteiger partial charge on any atom is -0.371 e. The first-order valence-corrected chi connectivity index (χ1v) is 8.21. The van der Waals surface area contributed by atoms with Crippen LogP contribution in [0.15, 0.2) is 28.8 Å². The zero-order valence-corrected chi connectivity index (χ0v) is 13.9. The van der Waals surface area contributed by atoms with Gasteiger partial charge < -0.3 is 19.9 Å². The van der Waals surface area contributed by atoms with Crippen molar-refractivity contribution in [3.8, 4) is 0 Å². The van der Waals surface area contributed by atoms with Gasteiger partial charge in [0, 0.05) is 12.6 Å². The fourth-order valence-corrected chi connectivity index (χ4v) is 2.88. The van der Waals surface area contributed by atoms with Crippen molar-refractivity contribution in [3.05, 3.63) is 47.1 Å². The molecule has 24 heavy (non-hydrogen) atoms. The van der Waals surface area contributed by atoms with Crippen LogP contribution in [0.4, 0.5) is 4.79 Å². The molecule has 0 aliphatic heterocycles. The fourth-order valence-electron chi connectivity index (χ4n) is 2.88. The summed E-state index contributed by atoms with van der Waals surface area (Å²) in [5.41, 5.74) is 2.60. The first-order valence-electron chi connectivity index (χ1n) is 8.21. The van der Waals surface area contributed by atoms with Crippen molar-refractivity contribution >= 4 is 6.03 Å². The number of nitrogens with one attached hydrogen (secondary N) is 2. The summed E-state index contributed by atoms with van der Waals surface area (Å²) >= 11 is 0. The highest BCUT2D eigenvalue weighted by Crippen LogP contribution is 2.21. The van der Waals surface area contributed by atoms with Gasteiger partial charge in [0.2, 0.25) is 5.89 Å². The van der Waals surface area contributed by atoms with Gasteiger partial charge in [-0.25, -0.2) is 4.79 Å². The maximum Gasteiger partial charge on any atom is 0.315 e. The number of aromatic nitrogens is 2. The molecule has 1 unspecified atom stereocenters. The van der Waals surface area contributed by atoms with E-state index < -0.39 is 0 Å². The lowest BCUT2D eigenvalue weighted by Gasteiger charge is -2.12. The number of ether oxygens (including phenoxy) is 1. The number of amides is 2. The summed E-state index contributed by atoms with van der Waals surface area (Å²) in [6, 6.07) is 8.15. The zero-order chi connectivity index (χ0) is 16.9. The van der Waals surface area contributed by atoms with E-state index in [1.54, 1.807) is 0 Å². The van der Waals surface area contributed by atoms with Gasteiger partial charge in [-0.3, -0.25) is 0 Å². The lowest BCUT2D eigenvalue weighted by Crippen LogP contribution is -2.42. The number of nitrogens with zero attached hydrogens (tertiary/aromatic N) is 2. The topological polar surface area (TPSA) is 89.3 Å². The van der Waals surface area contributed by atoms with E-state index in [0.29, 0.717) is 18.3 Å². The van der Waals surface area contributed by atoms with Crippen LogP contribution in [0.5, 0.6) is 0 Å². The second kappa shape index (κ2) is 7.44. The van der Waals surface area contributed by atoms with Crippen molar-refractivity contribution in [2.24, 2.45) is 0 Å². The third-order valence-corrected chi connectivity index (χ3v) is 4.05. The fraction of sp³-hybridized carbons (Fsp3) is 0.471. The maximum atomic E-state index is 12.0. The highest BCUT2D eigenvalue weighted by atomic mass is 16.5. The second-order valence-electron chi connectivity index (χ2n) is 5.84. The van der Waals surface area contributed by atoms with E-state index in [-0.39, 0.29) is 24.7 Å². The monoisotopic (exact) mass is 330 g/mol. The van der Waals surface area contributed by atoms with Gasteiger partial charge in [-0.2, -0.15) is 4.98 Å². The van der Waals surface area contributed by atoms with Crippen LogP contribution in [-0.2, 0) is 24.1 Å². The van der Waals surface area contributed by atoms with Crippen molar-refractivity contribution in [3.63, 3.8) is 0 Å². The Morgan fingerprint density at radius 1 is 1.38 bits per heavy atom. The van der Waals surface area contributed by atoms with E-state index >= 15 is 0 Å². The average molecular weight is 330 g/mol. The molecule has 7 nitrogen and oxygen atoms in total. The predicted octanol–water partition coefficient (Wildman–Crippen LogP) is 2.13. The molecule has 0 saturated heterocycles. The molecular weight excluding hydrogens is 308 g/mol. The summed E-state index contributed by atoms with van der Waals surface area (Å²) in [5.74, 6) is 0.849. The Bertz CT molecular complexity index is 676. The van der Waals surface area contributed by atoms with E-state index in [9.17, 15) is 4.79 Å². The van der Waals surface area contributed by atoms with Crippen LogP contribution in [0.25, 0.3) is 0 Å². The van der Waals surface area contributed by atoms with Crippen LogP contribution in [0.1, 0.15) is 42.8 Å². The first-order chi connectivity index (χ1) is 11.7. The Hall–Kier alpha value is -2.41. The smallest absolute Gasteiger partial charge is 0.315 e. The molecule has 7 heteroatoms. The molecule has 1 heterocycles. The van der Waals surface area contributed by atoms with Crippen LogP contribution >= 0.6 is 0 Å². The van der Waals surface area contributed by atoms with Crippen LogP contribution in [-0.4, -0.2) is 28.8 Å². The molecule has 0 radical (unpaired) electrons. The van der Waals surface area contributed by atoms with Crippen LogP contribution in [0.3, 0.4) is 0 Å². The number of rotatable bonds is 6. The Morgan fingerprint density at radius 3 is 2.75 bits per heavy atom. The molecule has 0 spiro atoms. The molecule has 3 rings (SSSR count). The molecule has 2 N–H and O–H groups in total. The summed E-state index contributed by atoms with van der Waals surface area (Å²) in [6.45, 7) is 4.54. The van der Waals surface area contributed by atoms with Gasteiger partial charge in [-0.15, -0.1) is 0 Å². The zero-order valence-electron chi connectivity index (χ0n) is 13.9. The second-order valence-corrected chi connectivity index (χ2v) is 5.84. The summed E-state index contributed by atoms with van der Waals surface area (Å²) < 4.78 is 10.5. The van der Waals surface area contributed by atoms with E-state index in [0.717, 1.165) is 12.8 Å². The third kappa shape index (κ3) is 3.91. The van der Waals surface area contributed by atoms with Gasteiger partial charge in [-0.1, -0.05) is 29.4 Å². The molecule has 1 aromatic heterocycles. The Balaban J connectivity index is 1.45. The van der Waals surface area contributed by atoms with E-state index in [4.69, 9.17) is 9.26 Å². The summed E-state index contributed by atoms with van der Waals surface area (Å²) in [4.78, 5) is 16.2. The number of hydrogen-bond donors (Lipinski definition) is 2. The third-order valence-electron chi connectivity index (χ3n) is 4.05.